The van der Waals surface area contributed by atoms with E-state index in [2.05, 4.69) is 22.7 Å². The van der Waals surface area contributed by atoms with Crippen LogP contribution in [0.2, 0.25) is 0 Å². The third-order valence-electron chi connectivity index (χ3n) is 2.76. The average Bonchev–Trinajstić information content (AvgIpc) is 2.26. The van der Waals surface area contributed by atoms with E-state index in [1.165, 1.54) is 0 Å². The molecule has 3 nitrogen and oxygen atoms in total. The Morgan fingerprint density at radius 1 is 1.28 bits per heavy atom. The summed E-state index contributed by atoms with van der Waals surface area (Å²) in [5.41, 5.74) is 2.55. The second-order valence-electron chi connectivity index (χ2n) is 3.89. The fraction of sp³-hybridized carbons (Fsp3) is 0.333. The zero-order valence-corrected chi connectivity index (χ0v) is 12.0. The summed E-state index contributed by atoms with van der Waals surface area (Å²) in [5.74, 6) is 2.43. The fourth-order valence-corrected chi connectivity index (χ4v) is 2.51. The molecule has 0 spiro atoms. The average molecular weight is 288 g/mol. The predicted octanol–water partition coefficient (Wildman–Crippen LogP) is 2.67. The molecule has 0 aliphatic rings. The molecule has 0 heterocycles. The van der Waals surface area contributed by atoms with Gasteiger partial charge in [0.15, 0.2) is 5.75 Å². The number of halogens is 1. The molecule has 0 aliphatic carbocycles. The third-order valence-corrected chi connectivity index (χ3v) is 3.80. The highest BCUT2D eigenvalue weighted by Gasteiger charge is 2.20. The summed E-state index contributed by atoms with van der Waals surface area (Å²) < 4.78 is 38.3. The lowest BCUT2D eigenvalue weighted by Crippen LogP contribution is -2.08. The van der Waals surface area contributed by atoms with Gasteiger partial charge in [0.1, 0.15) is 0 Å². The second kappa shape index (κ2) is 5.21. The molecule has 1 aromatic carbocycles. The van der Waals surface area contributed by atoms with Crippen LogP contribution in [0.15, 0.2) is 4.90 Å². The van der Waals surface area contributed by atoms with Crippen LogP contribution in [0.4, 0.5) is 3.89 Å². The first-order valence-corrected chi connectivity index (χ1v) is 6.83. The van der Waals surface area contributed by atoms with Crippen molar-refractivity contribution in [2.24, 2.45) is 0 Å². The quantitative estimate of drug-likeness (QED) is 0.528. The van der Waals surface area contributed by atoms with Gasteiger partial charge in [0, 0.05) is 16.9 Å². The largest absolute Gasteiger partial charge is 0.488 e. The summed E-state index contributed by atoms with van der Waals surface area (Å²) in [6.07, 6.45) is 5.56. The first kappa shape index (κ1) is 14.9. The number of benzene rings is 1. The van der Waals surface area contributed by atoms with Crippen molar-refractivity contribution in [1.82, 2.24) is 0 Å². The van der Waals surface area contributed by atoms with Gasteiger partial charge in [-0.3, -0.25) is 0 Å². The monoisotopic (exact) mass is 288 g/mol. The van der Waals surface area contributed by atoms with Gasteiger partial charge in [0.05, 0.1) is 0 Å². The Balaban J connectivity index is 3.58. The van der Waals surface area contributed by atoms with E-state index in [4.69, 9.17) is 6.42 Å². The zero-order valence-electron chi connectivity index (χ0n) is 10.2. The first-order valence-electron chi connectivity index (χ1n) is 5.08. The topological polar surface area (TPSA) is 43.4 Å². The van der Waals surface area contributed by atoms with Crippen molar-refractivity contribution in [3.05, 3.63) is 22.3 Å². The Morgan fingerprint density at radius 2 is 1.83 bits per heavy atom. The summed E-state index contributed by atoms with van der Waals surface area (Å²) >= 11 is 4.27. The van der Waals surface area contributed by atoms with Crippen LogP contribution in [-0.2, 0) is 16.9 Å². The van der Waals surface area contributed by atoms with Gasteiger partial charge in [-0.1, -0.05) is 3.89 Å². The molecule has 6 heteroatoms. The summed E-state index contributed by atoms with van der Waals surface area (Å²) in [7, 11) is -5.07. The molecule has 0 N–H and O–H groups in total. The van der Waals surface area contributed by atoms with Crippen molar-refractivity contribution in [2.75, 3.05) is 0 Å². The van der Waals surface area contributed by atoms with Gasteiger partial charge in [-0.15, -0.1) is 25.0 Å². The summed E-state index contributed by atoms with van der Waals surface area (Å²) in [4.78, 5) is 0.546. The lowest BCUT2D eigenvalue weighted by molar-refractivity contribution is 0.436. The minimum absolute atomic E-state index is 0.0432. The molecule has 1 aromatic rings. The number of terminal acetylenes is 1. The molecule has 0 atom stereocenters. The minimum Gasteiger partial charge on any atom is -0.358 e. The maximum absolute atomic E-state index is 12.7. The SMILES string of the molecule is C#CCc1c(C)c(S)c(C)c(OS(=O)(=O)F)c1C. The first-order chi connectivity index (χ1) is 8.19. The maximum atomic E-state index is 12.7. The van der Waals surface area contributed by atoms with E-state index in [0.29, 0.717) is 22.4 Å². The molecule has 0 fully saturated rings. The van der Waals surface area contributed by atoms with Crippen LogP contribution < -0.4 is 4.18 Å². The Bertz CT molecular complexity index is 628. The maximum Gasteiger partial charge on any atom is 0.488 e. The van der Waals surface area contributed by atoms with E-state index in [1.54, 1.807) is 13.8 Å². The van der Waals surface area contributed by atoms with E-state index >= 15 is 0 Å². The molecule has 0 bridgehead atoms. The van der Waals surface area contributed by atoms with Crippen LogP contribution in [0.25, 0.3) is 0 Å². The summed E-state index contributed by atoms with van der Waals surface area (Å²) in [5, 5.41) is 0. The Hall–Kier alpha value is -1.19. The van der Waals surface area contributed by atoms with Crippen LogP contribution in [0.5, 0.6) is 5.75 Å². The van der Waals surface area contributed by atoms with Crippen molar-refractivity contribution >= 4 is 23.1 Å². The van der Waals surface area contributed by atoms with Gasteiger partial charge in [-0.2, -0.15) is 8.42 Å². The van der Waals surface area contributed by atoms with Crippen LogP contribution in [0, 0.1) is 33.1 Å². The van der Waals surface area contributed by atoms with Crippen LogP contribution >= 0.6 is 12.6 Å². The molecule has 1 rings (SSSR count). The molecule has 0 radical (unpaired) electrons. The molecule has 0 aromatic heterocycles. The minimum atomic E-state index is -5.07. The van der Waals surface area contributed by atoms with E-state index in [9.17, 15) is 12.3 Å². The molecule has 0 saturated heterocycles. The predicted molar refractivity (Wildman–Crippen MR) is 71.1 cm³/mol. The smallest absolute Gasteiger partial charge is 0.358 e. The third kappa shape index (κ3) is 2.98. The molecule has 0 aliphatic heterocycles. The number of hydrogen-bond donors (Lipinski definition) is 1. The standard InChI is InChI=1S/C12H13FO3S2/c1-5-6-10-7(2)11(16-18(13,14)15)9(4)12(17)8(10)3/h1,17H,6H2,2-4H3. The second-order valence-corrected chi connectivity index (χ2v) is 5.29. The number of thiol groups is 1. The van der Waals surface area contributed by atoms with E-state index in [0.717, 1.165) is 11.1 Å². The summed E-state index contributed by atoms with van der Waals surface area (Å²) in [6, 6.07) is 0. The van der Waals surface area contributed by atoms with Crippen LogP contribution in [-0.4, -0.2) is 8.42 Å². The van der Waals surface area contributed by atoms with E-state index < -0.39 is 10.5 Å². The highest BCUT2D eigenvalue weighted by molar-refractivity contribution is 7.81. The van der Waals surface area contributed by atoms with Gasteiger partial charge in [0.25, 0.3) is 0 Å². The number of rotatable bonds is 3. The zero-order chi connectivity index (χ0) is 14.1. The summed E-state index contributed by atoms with van der Waals surface area (Å²) in [6.45, 7) is 5.08. The molecule has 0 unspecified atom stereocenters. The van der Waals surface area contributed by atoms with Crippen LogP contribution in [0.1, 0.15) is 22.3 Å². The highest BCUT2D eigenvalue weighted by atomic mass is 32.3. The lowest BCUT2D eigenvalue weighted by Gasteiger charge is -2.17. The highest BCUT2D eigenvalue weighted by Crippen LogP contribution is 2.36. The Kier molecular flexibility index (Phi) is 4.30. The molecular formula is C12H13FO3S2. The van der Waals surface area contributed by atoms with Crippen molar-refractivity contribution < 1.29 is 16.5 Å². The van der Waals surface area contributed by atoms with Gasteiger partial charge in [0.2, 0.25) is 0 Å². The molecule has 98 valence electrons. The van der Waals surface area contributed by atoms with Crippen molar-refractivity contribution in [1.29, 1.82) is 0 Å². The lowest BCUT2D eigenvalue weighted by atomic mass is 9.96. The van der Waals surface area contributed by atoms with Crippen molar-refractivity contribution in [3.8, 4) is 18.1 Å². The fourth-order valence-electron chi connectivity index (χ4n) is 1.82. The number of hydrogen-bond acceptors (Lipinski definition) is 4. The Labute approximate surface area is 112 Å². The van der Waals surface area contributed by atoms with Gasteiger partial charge >= 0.3 is 10.5 Å². The van der Waals surface area contributed by atoms with Gasteiger partial charge in [-0.25, -0.2) is 0 Å². The molecule has 0 amide bonds. The normalized spacial score (nSPS) is 11.1. The van der Waals surface area contributed by atoms with Crippen molar-refractivity contribution in [2.45, 2.75) is 32.1 Å². The van der Waals surface area contributed by atoms with Gasteiger partial charge in [-0.05, 0) is 37.5 Å². The van der Waals surface area contributed by atoms with E-state index in [1.807, 2.05) is 6.92 Å². The van der Waals surface area contributed by atoms with E-state index in [-0.39, 0.29) is 5.75 Å². The molecule has 0 saturated carbocycles. The Morgan fingerprint density at radius 3 is 2.28 bits per heavy atom. The molecule has 18 heavy (non-hydrogen) atoms. The van der Waals surface area contributed by atoms with Crippen LogP contribution in [0.3, 0.4) is 0 Å². The van der Waals surface area contributed by atoms with Crippen molar-refractivity contribution in [3.63, 3.8) is 0 Å². The van der Waals surface area contributed by atoms with Gasteiger partial charge < -0.3 is 4.18 Å². The molecular weight excluding hydrogens is 275 g/mol.